The van der Waals surface area contributed by atoms with Crippen LogP contribution in [0.4, 0.5) is 0 Å². The summed E-state index contributed by atoms with van der Waals surface area (Å²) < 4.78 is 5.56. The van der Waals surface area contributed by atoms with Gasteiger partial charge in [0.2, 0.25) is 0 Å². The Morgan fingerprint density at radius 1 is 1.38 bits per heavy atom. The number of hydrogen-bond acceptors (Lipinski definition) is 2. The van der Waals surface area contributed by atoms with E-state index in [0.717, 1.165) is 12.5 Å². The summed E-state index contributed by atoms with van der Waals surface area (Å²) in [7, 11) is 1.85. The lowest BCUT2D eigenvalue weighted by atomic mass is 10.0. The van der Waals surface area contributed by atoms with Gasteiger partial charge in [-0.2, -0.15) is 0 Å². The van der Waals surface area contributed by atoms with E-state index in [1.165, 1.54) is 25.7 Å². The molecule has 78 valence electrons. The maximum atomic E-state index is 5.56. The van der Waals surface area contributed by atoms with Crippen LogP contribution in [0.2, 0.25) is 0 Å². The zero-order valence-corrected chi connectivity index (χ0v) is 9.18. The van der Waals surface area contributed by atoms with Crippen molar-refractivity contribution in [2.75, 3.05) is 13.7 Å². The molecular weight excluding hydrogens is 162 g/mol. The Morgan fingerprint density at radius 2 is 2.08 bits per heavy atom. The Bertz CT molecular complexity index is 134. The van der Waals surface area contributed by atoms with Crippen LogP contribution in [0, 0.1) is 5.92 Å². The lowest BCUT2D eigenvalue weighted by Crippen LogP contribution is -2.42. The third kappa shape index (κ3) is 3.28. The maximum Gasteiger partial charge on any atom is 0.0752 e. The second-order valence-electron chi connectivity index (χ2n) is 4.01. The van der Waals surface area contributed by atoms with Crippen LogP contribution in [0.5, 0.6) is 0 Å². The summed E-state index contributed by atoms with van der Waals surface area (Å²) in [5.41, 5.74) is 0. The molecule has 1 rings (SSSR count). The summed E-state index contributed by atoms with van der Waals surface area (Å²) in [5.74, 6) is 0.833. The molecule has 1 N–H and O–H groups in total. The van der Waals surface area contributed by atoms with Crippen molar-refractivity contribution in [2.24, 2.45) is 5.92 Å². The van der Waals surface area contributed by atoms with Crippen molar-refractivity contribution in [3.05, 3.63) is 0 Å². The molecule has 1 aliphatic carbocycles. The lowest BCUT2D eigenvalue weighted by Gasteiger charge is -2.25. The average molecular weight is 185 g/mol. The molecule has 0 aliphatic heterocycles. The Hall–Kier alpha value is -0.0800. The predicted molar refractivity (Wildman–Crippen MR) is 55.9 cm³/mol. The number of hydrogen-bond donors (Lipinski definition) is 1. The fraction of sp³-hybridized carbons (Fsp3) is 1.00. The number of ether oxygens (including phenoxy) is 1. The second-order valence-corrected chi connectivity index (χ2v) is 4.01. The van der Waals surface area contributed by atoms with E-state index >= 15 is 0 Å². The van der Waals surface area contributed by atoms with E-state index in [0.29, 0.717) is 12.1 Å². The number of rotatable bonds is 7. The summed E-state index contributed by atoms with van der Waals surface area (Å²) in [5, 5.41) is 3.57. The number of nitrogens with one attached hydrogen (secondary N) is 1. The average Bonchev–Trinajstić information content (AvgIpc) is 2.95. The van der Waals surface area contributed by atoms with Gasteiger partial charge in [-0.25, -0.2) is 0 Å². The van der Waals surface area contributed by atoms with Crippen molar-refractivity contribution in [3.8, 4) is 0 Å². The normalized spacial score (nSPS) is 21.5. The zero-order valence-electron chi connectivity index (χ0n) is 9.18. The van der Waals surface area contributed by atoms with Crippen LogP contribution >= 0.6 is 0 Å². The zero-order chi connectivity index (χ0) is 9.68. The van der Waals surface area contributed by atoms with Crippen molar-refractivity contribution in [1.29, 1.82) is 0 Å². The topological polar surface area (TPSA) is 21.3 Å². The highest BCUT2D eigenvalue weighted by Gasteiger charge is 2.35. The first-order valence-corrected chi connectivity index (χ1v) is 5.59. The van der Waals surface area contributed by atoms with Crippen molar-refractivity contribution >= 4 is 0 Å². The van der Waals surface area contributed by atoms with E-state index in [-0.39, 0.29) is 0 Å². The maximum absolute atomic E-state index is 5.56. The van der Waals surface area contributed by atoms with Gasteiger partial charge < -0.3 is 10.1 Å². The first-order chi connectivity index (χ1) is 6.33. The van der Waals surface area contributed by atoms with Crippen LogP contribution in [0.3, 0.4) is 0 Å². The Balaban J connectivity index is 2.32. The van der Waals surface area contributed by atoms with E-state index in [2.05, 4.69) is 19.2 Å². The van der Waals surface area contributed by atoms with E-state index in [1.54, 1.807) is 0 Å². The Labute approximate surface area is 82.0 Å². The highest BCUT2D eigenvalue weighted by atomic mass is 16.5. The van der Waals surface area contributed by atoms with Gasteiger partial charge in [0.05, 0.1) is 6.10 Å². The minimum absolute atomic E-state index is 0.455. The molecule has 13 heavy (non-hydrogen) atoms. The second kappa shape index (κ2) is 5.61. The Kier molecular flexibility index (Phi) is 4.74. The molecule has 1 fully saturated rings. The molecule has 2 heteroatoms. The highest BCUT2D eigenvalue weighted by molar-refractivity contribution is 4.89. The minimum Gasteiger partial charge on any atom is -0.380 e. The minimum atomic E-state index is 0.455. The van der Waals surface area contributed by atoms with Crippen molar-refractivity contribution in [3.63, 3.8) is 0 Å². The molecule has 0 aromatic rings. The monoisotopic (exact) mass is 185 g/mol. The summed E-state index contributed by atoms with van der Waals surface area (Å²) >= 11 is 0. The van der Waals surface area contributed by atoms with Crippen molar-refractivity contribution in [2.45, 2.75) is 51.7 Å². The summed E-state index contributed by atoms with van der Waals surface area (Å²) in [6, 6.07) is 0.567. The molecule has 0 bridgehead atoms. The van der Waals surface area contributed by atoms with E-state index in [1.807, 2.05) is 7.11 Å². The summed E-state index contributed by atoms with van der Waals surface area (Å²) in [6.45, 7) is 5.56. The third-order valence-corrected chi connectivity index (χ3v) is 2.85. The van der Waals surface area contributed by atoms with Crippen LogP contribution < -0.4 is 5.32 Å². The van der Waals surface area contributed by atoms with Crippen molar-refractivity contribution in [1.82, 2.24) is 5.32 Å². The van der Waals surface area contributed by atoms with Gasteiger partial charge in [0, 0.05) is 13.2 Å². The SMILES string of the molecule is CCCNC(CC)C(OC)C1CC1. The molecule has 2 atom stereocenters. The Morgan fingerprint density at radius 3 is 2.46 bits per heavy atom. The van der Waals surface area contributed by atoms with E-state index in [4.69, 9.17) is 4.74 Å². The van der Waals surface area contributed by atoms with Crippen LogP contribution in [-0.4, -0.2) is 25.8 Å². The van der Waals surface area contributed by atoms with Gasteiger partial charge >= 0.3 is 0 Å². The quantitative estimate of drug-likeness (QED) is 0.656. The van der Waals surface area contributed by atoms with Gasteiger partial charge in [0.1, 0.15) is 0 Å². The largest absolute Gasteiger partial charge is 0.380 e. The van der Waals surface area contributed by atoms with Gasteiger partial charge in [-0.15, -0.1) is 0 Å². The fourth-order valence-electron chi connectivity index (χ4n) is 1.93. The predicted octanol–water partition coefficient (Wildman–Crippen LogP) is 2.19. The molecular formula is C11H23NO. The van der Waals surface area contributed by atoms with Crippen LogP contribution in [0.15, 0.2) is 0 Å². The van der Waals surface area contributed by atoms with Gasteiger partial charge in [-0.3, -0.25) is 0 Å². The molecule has 2 unspecified atom stereocenters. The molecule has 2 nitrogen and oxygen atoms in total. The molecule has 0 aromatic heterocycles. The third-order valence-electron chi connectivity index (χ3n) is 2.85. The fourth-order valence-corrected chi connectivity index (χ4v) is 1.93. The summed E-state index contributed by atoms with van der Waals surface area (Å²) in [4.78, 5) is 0. The molecule has 0 heterocycles. The highest BCUT2D eigenvalue weighted by Crippen LogP contribution is 2.36. The van der Waals surface area contributed by atoms with Gasteiger partial charge in [-0.05, 0) is 38.1 Å². The molecule has 0 radical (unpaired) electrons. The van der Waals surface area contributed by atoms with Crippen LogP contribution in [0.1, 0.15) is 39.5 Å². The molecule has 1 saturated carbocycles. The van der Waals surface area contributed by atoms with Gasteiger partial charge in [0.25, 0.3) is 0 Å². The first kappa shape index (κ1) is 11.0. The van der Waals surface area contributed by atoms with E-state index < -0.39 is 0 Å². The molecule has 0 saturated heterocycles. The molecule has 0 aromatic carbocycles. The van der Waals surface area contributed by atoms with Gasteiger partial charge in [-0.1, -0.05) is 13.8 Å². The van der Waals surface area contributed by atoms with Crippen LogP contribution in [0.25, 0.3) is 0 Å². The smallest absolute Gasteiger partial charge is 0.0752 e. The van der Waals surface area contributed by atoms with E-state index in [9.17, 15) is 0 Å². The lowest BCUT2D eigenvalue weighted by molar-refractivity contribution is 0.0499. The molecule has 1 aliphatic rings. The van der Waals surface area contributed by atoms with Crippen molar-refractivity contribution < 1.29 is 4.74 Å². The standard InChI is InChI=1S/C11H23NO/c1-4-8-12-10(5-2)11(13-3)9-6-7-9/h9-12H,4-8H2,1-3H3. The summed E-state index contributed by atoms with van der Waals surface area (Å²) in [6.07, 6.45) is 5.56. The molecule has 0 amide bonds. The molecule has 0 spiro atoms. The van der Waals surface area contributed by atoms with Crippen LogP contribution in [-0.2, 0) is 4.74 Å². The first-order valence-electron chi connectivity index (χ1n) is 5.59. The van der Waals surface area contributed by atoms with Gasteiger partial charge in [0.15, 0.2) is 0 Å². The number of methoxy groups -OCH3 is 1.